The molecular weight excluding hydrogens is 591 g/mol. The molecule has 2 amide bonds. The number of hydrogen-bond acceptors (Lipinski definition) is 9. The summed E-state index contributed by atoms with van der Waals surface area (Å²) in [6.45, 7) is 8.00. The summed E-state index contributed by atoms with van der Waals surface area (Å²) in [4.78, 5) is 36.7. The zero-order valence-electron chi connectivity index (χ0n) is 24.1. The number of rotatable bonds is 4. The number of hydrogen-bond donors (Lipinski definition) is 0. The van der Waals surface area contributed by atoms with Crippen LogP contribution in [0.5, 0.6) is 5.75 Å². The Hall–Kier alpha value is -3.16. The van der Waals surface area contributed by atoms with Gasteiger partial charge >= 0.3 is 6.09 Å². The molecular formula is C28H34ClFN4O7S. The van der Waals surface area contributed by atoms with E-state index in [1.165, 1.54) is 12.1 Å². The molecule has 2 fully saturated rings. The van der Waals surface area contributed by atoms with Gasteiger partial charge in [0.1, 0.15) is 34.4 Å². The van der Waals surface area contributed by atoms with E-state index in [0.717, 1.165) is 6.26 Å². The van der Waals surface area contributed by atoms with Gasteiger partial charge in [-0.25, -0.2) is 14.2 Å². The van der Waals surface area contributed by atoms with Gasteiger partial charge in [0.2, 0.25) is 0 Å². The van der Waals surface area contributed by atoms with Crippen molar-refractivity contribution in [2.45, 2.75) is 57.9 Å². The highest BCUT2D eigenvalue weighted by Gasteiger charge is 2.43. The summed E-state index contributed by atoms with van der Waals surface area (Å²) in [6, 6.07) is 5.21. The number of ether oxygens (including phenoxy) is 2. The highest BCUT2D eigenvalue weighted by molar-refractivity contribution is 7.86. The maximum atomic E-state index is 15.0. The minimum atomic E-state index is -3.73. The van der Waals surface area contributed by atoms with Crippen molar-refractivity contribution in [2.24, 2.45) is 0 Å². The molecule has 1 unspecified atom stereocenters. The first kappa shape index (κ1) is 30.3. The second-order valence-electron chi connectivity index (χ2n) is 11.8. The molecule has 0 N–H and O–H groups in total. The number of nitrogens with zero attached hydrogens (tertiary/aromatic N) is 4. The van der Waals surface area contributed by atoms with Crippen LogP contribution in [0.4, 0.5) is 15.0 Å². The van der Waals surface area contributed by atoms with Crippen molar-refractivity contribution >= 4 is 39.5 Å². The highest BCUT2D eigenvalue weighted by atomic mass is 35.5. The predicted molar refractivity (Wildman–Crippen MR) is 154 cm³/mol. The van der Waals surface area contributed by atoms with Crippen LogP contribution in [0.1, 0.15) is 44.5 Å². The second-order valence-corrected chi connectivity index (χ2v) is 13.8. The van der Waals surface area contributed by atoms with Gasteiger partial charge in [-0.2, -0.15) is 8.42 Å². The molecule has 5 rings (SSSR count). The average Bonchev–Trinajstić information content (AvgIpc) is 3.16. The van der Waals surface area contributed by atoms with E-state index in [0.29, 0.717) is 6.42 Å². The Kier molecular flexibility index (Phi) is 8.05. The lowest BCUT2D eigenvalue weighted by Crippen LogP contribution is -2.58. The van der Waals surface area contributed by atoms with Crippen LogP contribution in [0.2, 0.25) is 5.02 Å². The molecule has 4 heterocycles. The molecule has 11 nitrogen and oxygen atoms in total. The van der Waals surface area contributed by atoms with Crippen molar-refractivity contribution in [1.82, 2.24) is 14.8 Å². The van der Waals surface area contributed by atoms with Gasteiger partial charge in [-0.1, -0.05) is 23.7 Å². The van der Waals surface area contributed by atoms with Gasteiger partial charge in [-0.05, 0) is 46.2 Å². The van der Waals surface area contributed by atoms with Gasteiger partial charge in [0, 0.05) is 37.8 Å². The molecule has 1 aromatic carbocycles. The van der Waals surface area contributed by atoms with Crippen molar-refractivity contribution < 1.29 is 36.1 Å². The Balaban J connectivity index is 1.57. The summed E-state index contributed by atoms with van der Waals surface area (Å²) in [5, 5.41) is -0.0215. The first-order chi connectivity index (χ1) is 19.6. The molecule has 3 aliphatic rings. The monoisotopic (exact) mass is 624 g/mol. The first-order valence-corrected chi connectivity index (χ1v) is 15.9. The standard InChI is InChI=1S/C28H34ClFN4O7S/c1-16-12-18(41-42(5,37)38)14-34(16)25-21-24(22(29)23(31-25)19-8-6-7-9-20(19)30)39-15-17-13-32(10-11-33(17)26(21)35)27(36)40-28(2,3)4/h6-9,16-18H,10-15H2,1-5H3/t16-,17?,18-/m0/s1. The Morgan fingerprint density at radius 3 is 2.55 bits per heavy atom. The largest absolute Gasteiger partial charge is 0.489 e. The summed E-state index contributed by atoms with van der Waals surface area (Å²) in [6.07, 6.45) is 0.179. The SMILES string of the molecule is C[C@H]1C[C@H](OS(C)(=O)=O)CN1c1nc(-c2ccccc2F)c(Cl)c2c1C(=O)N1CCN(C(=O)OC(C)(C)C)CC1CO2. The van der Waals surface area contributed by atoms with Crippen molar-refractivity contribution in [3.05, 3.63) is 40.7 Å². The maximum absolute atomic E-state index is 15.0. The van der Waals surface area contributed by atoms with Gasteiger partial charge in [-0.3, -0.25) is 8.98 Å². The van der Waals surface area contributed by atoms with Gasteiger partial charge in [0.25, 0.3) is 16.0 Å². The number of anilines is 1. The summed E-state index contributed by atoms with van der Waals surface area (Å²) < 4.78 is 55.7. The third kappa shape index (κ3) is 6.13. The number of amides is 2. The van der Waals surface area contributed by atoms with Crippen LogP contribution in [0.15, 0.2) is 24.3 Å². The highest BCUT2D eigenvalue weighted by Crippen LogP contribution is 2.45. The molecule has 3 atom stereocenters. The van der Waals surface area contributed by atoms with E-state index in [-0.39, 0.29) is 72.2 Å². The Morgan fingerprint density at radius 2 is 1.88 bits per heavy atom. The first-order valence-electron chi connectivity index (χ1n) is 13.7. The van der Waals surface area contributed by atoms with Crippen LogP contribution in [-0.2, 0) is 19.0 Å². The summed E-state index contributed by atoms with van der Waals surface area (Å²) in [5.74, 6) is -0.709. The fraction of sp³-hybridized carbons (Fsp3) is 0.536. The van der Waals surface area contributed by atoms with E-state index >= 15 is 0 Å². The zero-order chi connectivity index (χ0) is 30.6. The quantitative estimate of drug-likeness (QED) is 0.466. The van der Waals surface area contributed by atoms with Gasteiger partial charge in [-0.15, -0.1) is 0 Å². The van der Waals surface area contributed by atoms with Crippen LogP contribution in [0.25, 0.3) is 11.3 Å². The number of carbonyl (C=O) groups is 2. The number of fused-ring (bicyclic) bond motifs is 2. The Labute approximate surface area is 249 Å². The molecule has 2 aromatic rings. The topological polar surface area (TPSA) is 119 Å². The predicted octanol–water partition coefficient (Wildman–Crippen LogP) is 3.94. The molecule has 1 aromatic heterocycles. The minimum absolute atomic E-state index is 0.0211. The van der Waals surface area contributed by atoms with Crippen LogP contribution in [0, 0.1) is 5.82 Å². The van der Waals surface area contributed by atoms with Crippen LogP contribution in [0.3, 0.4) is 0 Å². The number of benzene rings is 1. The average molecular weight is 625 g/mol. The molecule has 228 valence electrons. The van der Waals surface area contributed by atoms with Gasteiger partial charge < -0.3 is 24.2 Å². The summed E-state index contributed by atoms with van der Waals surface area (Å²) in [7, 11) is -3.73. The van der Waals surface area contributed by atoms with Crippen LogP contribution in [-0.4, -0.2) is 98.0 Å². The van der Waals surface area contributed by atoms with Gasteiger partial charge in [0.05, 0.1) is 24.1 Å². The van der Waals surface area contributed by atoms with Crippen molar-refractivity contribution in [1.29, 1.82) is 0 Å². The number of carbonyl (C=O) groups excluding carboxylic acids is 2. The van der Waals surface area contributed by atoms with Crippen molar-refractivity contribution in [2.75, 3.05) is 43.9 Å². The van der Waals surface area contributed by atoms with Crippen molar-refractivity contribution in [3.8, 4) is 17.0 Å². The lowest BCUT2D eigenvalue weighted by atomic mass is 10.1. The van der Waals surface area contributed by atoms with E-state index in [1.54, 1.807) is 47.6 Å². The molecule has 0 bridgehead atoms. The zero-order valence-corrected chi connectivity index (χ0v) is 25.7. The summed E-state index contributed by atoms with van der Waals surface area (Å²) >= 11 is 6.82. The molecule has 2 saturated heterocycles. The third-order valence-corrected chi connectivity index (χ3v) is 8.33. The normalized spacial score (nSPS) is 22.8. The van der Waals surface area contributed by atoms with E-state index in [4.69, 9.17) is 30.2 Å². The Morgan fingerprint density at radius 1 is 1.17 bits per heavy atom. The number of pyridine rings is 1. The number of halogens is 2. The van der Waals surface area contributed by atoms with Crippen LogP contribution < -0.4 is 9.64 Å². The fourth-order valence-corrected chi connectivity index (χ4v) is 6.50. The molecule has 0 aliphatic carbocycles. The maximum Gasteiger partial charge on any atom is 0.410 e. The second kappa shape index (κ2) is 11.2. The fourth-order valence-electron chi connectivity index (χ4n) is 5.57. The lowest BCUT2D eigenvalue weighted by Gasteiger charge is -2.40. The van der Waals surface area contributed by atoms with E-state index < -0.39 is 45.7 Å². The van der Waals surface area contributed by atoms with E-state index in [2.05, 4.69) is 0 Å². The minimum Gasteiger partial charge on any atom is -0.489 e. The van der Waals surface area contributed by atoms with Crippen LogP contribution >= 0.6 is 11.6 Å². The molecule has 14 heteroatoms. The van der Waals surface area contributed by atoms with E-state index in [9.17, 15) is 22.4 Å². The smallest absolute Gasteiger partial charge is 0.410 e. The Bertz CT molecular complexity index is 1520. The van der Waals surface area contributed by atoms with Gasteiger partial charge in [0.15, 0.2) is 5.75 Å². The van der Waals surface area contributed by atoms with E-state index in [1.807, 2.05) is 6.92 Å². The molecule has 0 radical (unpaired) electrons. The van der Waals surface area contributed by atoms with Crippen molar-refractivity contribution in [3.63, 3.8) is 0 Å². The summed E-state index contributed by atoms with van der Waals surface area (Å²) in [5.41, 5.74) is -0.370. The number of piperazine rings is 1. The lowest BCUT2D eigenvalue weighted by molar-refractivity contribution is 0.000953. The molecule has 0 spiro atoms. The molecule has 0 saturated carbocycles. The molecule has 42 heavy (non-hydrogen) atoms. The molecule has 3 aliphatic heterocycles. The third-order valence-electron chi connectivity index (χ3n) is 7.35. The number of aromatic nitrogens is 1.